The number of nitrogens with zero attached hydrogens (tertiary/aromatic N) is 2. The lowest BCUT2D eigenvalue weighted by atomic mass is 10.2. The summed E-state index contributed by atoms with van der Waals surface area (Å²) in [6.45, 7) is 17.8. The highest BCUT2D eigenvalue weighted by molar-refractivity contribution is 5.55. The van der Waals surface area contributed by atoms with Crippen molar-refractivity contribution in [3.05, 3.63) is 70.4 Å². The minimum absolute atomic E-state index is 0.602. The zero-order valence-corrected chi connectivity index (χ0v) is 10.8. The van der Waals surface area contributed by atoms with Crippen molar-refractivity contribution in [3.8, 4) is 11.5 Å². The van der Waals surface area contributed by atoms with Crippen molar-refractivity contribution in [1.29, 1.82) is 0 Å². The van der Waals surface area contributed by atoms with Crippen LogP contribution in [0.25, 0.3) is 9.69 Å². The maximum absolute atomic E-state index is 6.97. The standard InChI is InChI=1S/C16H12N2O/c1-11-9-13(17-3)5-7-15(11)19-16-8-6-14(18-4)10-12(16)2/h5-10H,1-2H3. The van der Waals surface area contributed by atoms with Gasteiger partial charge >= 0.3 is 0 Å². The summed E-state index contributed by atoms with van der Waals surface area (Å²) in [4.78, 5) is 6.76. The van der Waals surface area contributed by atoms with Crippen molar-refractivity contribution in [2.24, 2.45) is 0 Å². The normalized spacial score (nSPS) is 9.47. The molecule has 2 rings (SSSR count). The summed E-state index contributed by atoms with van der Waals surface area (Å²) in [5.74, 6) is 1.46. The Morgan fingerprint density at radius 2 is 1.21 bits per heavy atom. The number of hydrogen-bond donors (Lipinski definition) is 0. The average molecular weight is 248 g/mol. The quantitative estimate of drug-likeness (QED) is 0.668. The van der Waals surface area contributed by atoms with Crippen LogP contribution < -0.4 is 4.74 Å². The van der Waals surface area contributed by atoms with Crippen molar-refractivity contribution in [1.82, 2.24) is 0 Å². The van der Waals surface area contributed by atoms with Crippen LogP contribution in [0.1, 0.15) is 11.1 Å². The molecule has 0 atom stereocenters. The topological polar surface area (TPSA) is 17.9 Å². The predicted octanol–water partition coefficient (Wildman–Crippen LogP) is 5.20. The monoisotopic (exact) mass is 248 g/mol. The van der Waals surface area contributed by atoms with E-state index in [1.54, 1.807) is 36.4 Å². The van der Waals surface area contributed by atoms with Crippen LogP contribution in [0.5, 0.6) is 11.5 Å². The molecule has 0 spiro atoms. The Balaban J connectivity index is 2.32. The summed E-state index contributed by atoms with van der Waals surface area (Å²) < 4.78 is 5.83. The molecule has 92 valence electrons. The molecule has 0 aliphatic heterocycles. The van der Waals surface area contributed by atoms with E-state index >= 15 is 0 Å². The molecule has 0 N–H and O–H groups in total. The molecule has 0 aliphatic carbocycles. The Morgan fingerprint density at radius 1 is 0.789 bits per heavy atom. The first-order chi connectivity index (χ1) is 9.13. The van der Waals surface area contributed by atoms with Crippen LogP contribution >= 0.6 is 0 Å². The molecule has 0 saturated carbocycles. The zero-order valence-electron chi connectivity index (χ0n) is 10.8. The number of benzene rings is 2. The van der Waals surface area contributed by atoms with Gasteiger partial charge in [-0.3, -0.25) is 0 Å². The van der Waals surface area contributed by atoms with Crippen LogP contribution in [0.3, 0.4) is 0 Å². The van der Waals surface area contributed by atoms with Gasteiger partial charge in [-0.25, -0.2) is 9.69 Å². The minimum atomic E-state index is 0.602. The molecule has 0 aromatic heterocycles. The van der Waals surface area contributed by atoms with E-state index in [9.17, 15) is 0 Å². The Morgan fingerprint density at radius 3 is 1.53 bits per heavy atom. The number of aryl methyl sites for hydroxylation is 2. The third-order valence-electron chi connectivity index (χ3n) is 2.80. The first-order valence-electron chi connectivity index (χ1n) is 5.78. The van der Waals surface area contributed by atoms with Gasteiger partial charge in [-0.2, -0.15) is 0 Å². The van der Waals surface area contributed by atoms with Gasteiger partial charge in [-0.05, 0) is 49.2 Å². The van der Waals surface area contributed by atoms with Gasteiger partial charge in [0, 0.05) is 0 Å². The molecule has 3 nitrogen and oxygen atoms in total. The van der Waals surface area contributed by atoms with E-state index in [1.807, 2.05) is 13.8 Å². The lowest BCUT2D eigenvalue weighted by Gasteiger charge is -2.11. The lowest BCUT2D eigenvalue weighted by Crippen LogP contribution is -1.89. The molecule has 0 unspecified atom stereocenters. The van der Waals surface area contributed by atoms with Crippen LogP contribution in [-0.2, 0) is 0 Å². The summed E-state index contributed by atoms with van der Waals surface area (Å²) in [6, 6.07) is 10.7. The maximum Gasteiger partial charge on any atom is 0.187 e. The fraction of sp³-hybridized carbons (Fsp3) is 0.125. The highest BCUT2D eigenvalue weighted by Gasteiger charge is 2.05. The first-order valence-corrected chi connectivity index (χ1v) is 5.78. The molecule has 0 bridgehead atoms. The van der Waals surface area contributed by atoms with E-state index in [2.05, 4.69) is 9.69 Å². The SMILES string of the molecule is [C-]#[N+]c1ccc(Oc2ccc([N+]#[C-])cc2C)c(C)c1. The Labute approximate surface area is 112 Å². The van der Waals surface area contributed by atoms with Gasteiger partial charge in [0.05, 0.1) is 13.1 Å². The fourth-order valence-electron chi connectivity index (χ4n) is 1.75. The maximum atomic E-state index is 6.97. The third-order valence-corrected chi connectivity index (χ3v) is 2.80. The van der Waals surface area contributed by atoms with E-state index < -0.39 is 0 Å². The van der Waals surface area contributed by atoms with Gasteiger partial charge in [0.2, 0.25) is 0 Å². The van der Waals surface area contributed by atoms with Crippen LogP contribution in [0, 0.1) is 27.0 Å². The van der Waals surface area contributed by atoms with Crippen LogP contribution in [-0.4, -0.2) is 0 Å². The van der Waals surface area contributed by atoms with E-state index in [-0.39, 0.29) is 0 Å². The van der Waals surface area contributed by atoms with Crippen molar-refractivity contribution in [3.63, 3.8) is 0 Å². The van der Waals surface area contributed by atoms with Crippen molar-refractivity contribution in [2.45, 2.75) is 13.8 Å². The first kappa shape index (κ1) is 12.7. The van der Waals surface area contributed by atoms with Gasteiger partial charge in [0.1, 0.15) is 11.5 Å². The average Bonchev–Trinajstić information content (AvgIpc) is 2.42. The minimum Gasteiger partial charge on any atom is -0.457 e. The molecule has 19 heavy (non-hydrogen) atoms. The predicted molar refractivity (Wildman–Crippen MR) is 75.0 cm³/mol. The molecule has 0 amide bonds. The van der Waals surface area contributed by atoms with Gasteiger partial charge in [0.15, 0.2) is 11.4 Å². The van der Waals surface area contributed by atoms with Crippen LogP contribution in [0.2, 0.25) is 0 Å². The van der Waals surface area contributed by atoms with Gasteiger partial charge in [-0.15, -0.1) is 0 Å². The van der Waals surface area contributed by atoms with Crippen molar-refractivity contribution in [2.75, 3.05) is 0 Å². The Hall–Kier alpha value is -2.78. The Bertz CT molecular complexity index is 644. The fourth-order valence-corrected chi connectivity index (χ4v) is 1.75. The molecule has 0 heterocycles. The summed E-state index contributed by atoms with van der Waals surface area (Å²) in [6.07, 6.45) is 0. The molecule has 0 fully saturated rings. The number of rotatable bonds is 2. The van der Waals surface area contributed by atoms with Gasteiger partial charge in [-0.1, -0.05) is 12.1 Å². The van der Waals surface area contributed by atoms with Crippen molar-refractivity contribution >= 4 is 11.4 Å². The van der Waals surface area contributed by atoms with Gasteiger partial charge in [0.25, 0.3) is 0 Å². The second-order valence-electron chi connectivity index (χ2n) is 4.23. The molecule has 0 saturated heterocycles. The van der Waals surface area contributed by atoms with Crippen LogP contribution in [0.4, 0.5) is 11.4 Å². The molecule has 0 radical (unpaired) electrons. The highest BCUT2D eigenvalue weighted by atomic mass is 16.5. The van der Waals surface area contributed by atoms with E-state index in [1.165, 1.54) is 0 Å². The Kier molecular flexibility index (Phi) is 3.50. The van der Waals surface area contributed by atoms with Gasteiger partial charge < -0.3 is 4.74 Å². The summed E-state index contributed by atoms with van der Waals surface area (Å²) in [5.41, 5.74) is 3.04. The lowest BCUT2D eigenvalue weighted by molar-refractivity contribution is 0.475. The highest BCUT2D eigenvalue weighted by Crippen LogP contribution is 2.31. The zero-order chi connectivity index (χ0) is 13.8. The molecular weight excluding hydrogens is 236 g/mol. The van der Waals surface area contributed by atoms with E-state index in [0.29, 0.717) is 11.4 Å². The van der Waals surface area contributed by atoms with Crippen LogP contribution in [0.15, 0.2) is 36.4 Å². The third kappa shape index (κ3) is 2.73. The molecule has 2 aromatic carbocycles. The second-order valence-corrected chi connectivity index (χ2v) is 4.23. The van der Waals surface area contributed by atoms with Crippen molar-refractivity contribution < 1.29 is 4.74 Å². The van der Waals surface area contributed by atoms with E-state index in [0.717, 1.165) is 22.6 Å². The smallest absolute Gasteiger partial charge is 0.187 e. The molecule has 3 heteroatoms. The summed E-state index contributed by atoms with van der Waals surface area (Å²) in [7, 11) is 0. The molecular formula is C16H12N2O. The number of hydrogen-bond acceptors (Lipinski definition) is 1. The van der Waals surface area contributed by atoms with E-state index in [4.69, 9.17) is 17.9 Å². The largest absolute Gasteiger partial charge is 0.457 e. The molecule has 0 aliphatic rings. The summed E-state index contributed by atoms with van der Waals surface area (Å²) >= 11 is 0. The number of ether oxygens (including phenoxy) is 1. The molecule has 2 aromatic rings. The second kappa shape index (κ2) is 5.25. The summed E-state index contributed by atoms with van der Waals surface area (Å²) in [5, 5.41) is 0.